The van der Waals surface area contributed by atoms with Crippen LogP contribution in [0.3, 0.4) is 0 Å². The van der Waals surface area contributed by atoms with Crippen molar-refractivity contribution < 1.29 is 23.5 Å². The van der Waals surface area contributed by atoms with E-state index in [-0.39, 0.29) is 0 Å². The summed E-state index contributed by atoms with van der Waals surface area (Å²) in [5.74, 6) is -0.0480. The number of anilines is 1. The number of benzene rings is 4. The summed E-state index contributed by atoms with van der Waals surface area (Å²) in [5.41, 5.74) is 3.83. The molecule has 0 aliphatic carbocycles. The number of hydrogen-bond donors (Lipinski definition) is 1. The number of amides is 1. The van der Waals surface area contributed by atoms with E-state index in [1.54, 1.807) is 19.2 Å². The van der Waals surface area contributed by atoms with Gasteiger partial charge < -0.3 is 13.9 Å². The van der Waals surface area contributed by atoms with Crippen LogP contribution in [-0.2, 0) is 9.53 Å². The van der Waals surface area contributed by atoms with Crippen LogP contribution in [0.4, 0.5) is 5.13 Å². The molecule has 0 fully saturated rings. The van der Waals surface area contributed by atoms with E-state index in [0.717, 1.165) is 16.5 Å². The topological polar surface area (TPSA) is 104 Å². The summed E-state index contributed by atoms with van der Waals surface area (Å²) in [5, 5.41) is 6.36. The number of carbonyl (C=O) groups excluding carboxylic acids is 2. The van der Waals surface area contributed by atoms with Crippen LogP contribution in [0.5, 0.6) is 5.75 Å². The minimum absolute atomic E-state index is 0.311. The second-order valence-electron chi connectivity index (χ2n) is 8.56. The number of ether oxygens (including phenoxy) is 2. The van der Waals surface area contributed by atoms with Gasteiger partial charge in [-0.25, -0.2) is 14.8 Å². The molecule has 2 heterocycles. The molecule has 0 aliphatic rings. The van der Waals surface area contributed by atoms with Crippen molar-refractivity contribution in [1.29, 1.82) is 0 Å². The molecule has 0 unspecified atom stereocenters. The molecule has 0 saturated carbocycles. The number of nitrogens with zero attached hydrogens (tertiary/aromatic N) is 2. The molecule has 39 heavy (non-hydrogen) atoms. The molecule has 0 saturated heterocycles. The Balaban J connectivity index is 1.20. The number of aromatic nitrogens is 2. The molecule has 0 bridgehead atoms. The molecule has 2 aromatic heterocycles. The van der Waals surface area contributed by atoms with E-state index in [1.807, 2.05) is 78.2 Å². The summed E-state index contributed by atoms with van der Waals surface area (Å²) < 4.78 is 16.8. The third-order valence-corrected chi connectivity index (χ3v) is 6.87. The average Bonchev–Trinajstić information content (AvgIpc) is 3.62. The third-order valence-electron chi connectivity index (χ3n) is 6.12. The predicted octanol–water partition coefficient (Wildman–Crippen LogP) is 6.58. The lowest BCUT2D eigenvalue weighted by Crippen LogP contribution is -2.21. The predicted molar refractivity (Wildman–Crippen MR) is 150 cm³/mol. The smallest absolute Gasteiger partial charge is 0.339 e. The number of hydrogen-bond acceptors (Lipinski definition) is 8. The van der Waals surface area contributed by atoms with E-state index in [1.165, 1.54) is 11.3 Å². The molecule has 0 spiro atoms. The molecule has 6 rings (SSSR count). The Bertz CT molecular complexity index is 1800. The summed E-state index contributed by atoms with van der Waals surface area (Å²) >= 11 is 1.27. The van der Waals surface area contributed by atoms with E-state index in [4.69, 9.17) is 13.9 Å². The first-order valence-corrected chi connectivity index (χ1v) is 12.9. The van der Waals surface area contributed by atoms with Crippen LogP contribution in [0, 0.1) is 0 Å². The van der Waals surface area contributed by atoms with Crippen LogP contribution in [0.25, 0.3) is 44.6 Å². The van der Waals surface area contributed by atoms with Gasteiger partial charge in [0.1, 0.15) is 11.3 Å². The van der Waals surface area contributed by atoms with Crippen molar-refractivity contribution in [3.63, 3.8) is 0 Å². The number of fused-ring (bicyclic) bond motifs is 2. The monoisotopic (exact) mass is 535 g/mol. The van der Waals surface area contributed by atoms with Crippen molar-refractivity contribution >= 4 is 50.2 Å². The fourth-order valence-electron chi connectivity index (χ4n) is 4.35. The largest absolute Gasteiger partial charge is 0.496 e. The average molecular weight is 536 g/mol. The Morgan fingerprint density at radius 2 is 1.67 bits per heavy atom. The minimum Gasteiger partial charge on any atom is -0.496 e. The van der Waals surface area contributed by atoms with E-state index in [9.17, 15) is 9.59 Å². The van der Waals surface area contributed by atoms with Crippen molar-refractivity contribution in [1.82, 2.24) is 9.97 Å². The van der Waals surface area contributed by atoms with Crippen LogP contribution >= 0.6 is 11.3 Å². The highest BCUT2D eigenvalue weighted by atomic mass is 32.1. The number of para-hydroxylation sites is 3. The van der Waals surface area contributed by atoms with Gasteiger partial charge in [-0.3, -0.25) is 10.1 Å². The number of nitrogens with one attached hydrogen (secondary N) is 1. The number of thiazole rings is 1. The summed E-state index contributed by atoms with van der Waals surface area (Å²) in [7, 11) is 1.59. The lowest BCUT2D eigenvalue weighted by atomic mass is 9.99. The fraction of sp³-hybridized carbons (Fsp3) is 0.0667. The van der Waals surface area contributed by atoms with E-state index >= 15 is 0 Å². The van der Waals surface area contributed by atoms with Crippen molar-refractivity contribution in [2.45, 2.75) is 0 Å². The molecule has 4 aromatic carbocycles. The number of carbonyl (C=O) groups is 2. The Labute approximate surface area is 226 Å². The quantitative estimate of drug-likeness (QED) is 0.230. The molecule has 0 atom stereocenters. The second-order valence-corrected chi connectivity index (χ2v) is 9.42. The van der Waals surface area contributed by atoms with Crippen LogP contribution in [0.15, 0.2) is 94.7 Å². The number of methoxy groups -OCH3 is 1. The van der Waals surface area contributed by atoms with Crippen LogP contribution < -0.4 is 10.1 Å². The van der Waals surface area contributed by atoms with Crippen molar-refractivity contribution in [3.05, 3.63) is 95.9 Å². The summed E-state index contributed by atoms with van der Waals surface area (Å²) in [6.07, 6.45) is 0. The second kappa shape index (κ2) is 10.4. The molecule has 9 heteroatoms. The minimum atomic E-state index is -0.631. The molecule has 8 nitrogen and oxygen atoms in total. The number of oxazole rings is 1. The molecule has 192 valence electrons. The van der Waals surface area contributed by atoms with Gasteiger partial charge in [-0.2, -0.15) is 0 Å². The van der Waals surface area contributed by atoms with E-state index < -0.39 is 18.5 Å². The van der Waals surface area contributed by atoms with Gasteiger partial charge in [-0.15, -0.1) is 11.3 Å². The SMILES string of the molecule is COc1ccccc1-c1csc(NC(=O)COC(=O)c2cccc3cccc(-c4nc5ccccc5o4)c23)n1. The highest BCUT2D eigenvalue weighted by molar-refractivity contribution is 7.14. The van der Waals surface area contributed by atoms with Gasteiger partial charge in [0.25, 0.3) is 5.91 Å². The fourth-order valence-corrected chi connectivity index (χ4v) is 5.08. The Morgan fingerprint density at radius 1 is 0.897 bits per heavy atom. The van der Waals surface area contributed by atoms with Gasteiger partial charge >= 0.3 is 5.97 Å². The lowest BCUT2D eigenvalue weighted by molar-refractivity contribution is -0.119. The van der Waals surface area contributed by atoms with Crippen LogP contribution in [0.2, 0.25) is 0 Å². The number of esters is 1. The van der Waals surface area contributed by atoms with Gasteiger partial charge in [0.2, 0.25) is 5.89 Å². The Morgan fingerprint density at radius 3 is 2.51 bits per heavy atom. The molecule has 6 aromatic rings. The zero-order valence-corrected chi connectivity index (χ0v) is 21.5. The van der Waals surface area contributed by atoms with Gasteiger partial charge in [0, 0.05) is 21.9 Å². The highest BCUT2D eigenvalue weighted by Gasteiger charge is 2.20. The first-order chi connectivity index (χ1) is 19.1. The van der Waals surface area contributed by atoms with E-state index in [2.05, 4.69) is 15.3 Å². The maximum Gasteiger partial charge on any atom is 0.339 e. The standard InChI is InChI=1S/C30H21N3O5S/c1-36-24-14-4-2-10-19(24)23-17-39-30(32-23)33-26(34)16-37-29(35)21-12-7-9-18-8-6-11-20(27(18)21)28-31-22-13-3-5-15-25(22)38-28/h2-15,17H,16H2,1H3,(H,32,33,34). The Kier molecular flexibility index (Phi) is 6.48. The Hall–Kier alpha value is -5.02. The van der Waals surface area contributed by atoms with Crippen LogP contribution in [0.1, 0.15) is 10.4 Å². The van der Waals surface area contributed by atoms with Gasteiger partial charge in [-0.1, -0.05) is 48.5 Å². The summed E-state index contributed by atoms with van der Waals surface area (Å²) in [6, 6.07) is 25.9. The first kappa shape index (κ1) is 24.3. The lowest BCUT2D eigenvalue weighted by Gasteiger charge is -2.10. The van der Waals surface area contributed by atoms with Crippen LogP contribution in [-0.4, -0.2) is 35.6 Å². The maximum atomic E-state index is 13.2. The summed E-state index contributed by atoms with van der Waals surface area (Å²) in [4.78, 5) is 34.8. The first-order valence-electron chi connectivity index (χ1n) is 12.0. The van der Waals surface area contributed by atoms with Gasteiger partial charge in [-0.05, 0) is 41.8 Å². The molecular formula is C30H21N3O5S. The normalized spacial score (nSPS) is 11.0. The number of rotatable bonds is 7. The third kappa shape index (κ3) is 4.83. The molecule has 0 aliphatic heterocycles. The zero-order chi connectivity index (χ0) is 26.8. The maximum absolute atomic E-state index is 13.2. The molecule has 1 amide bonds. The van der Waals surface area contributed by atoms with Crippen molar-refractivity contribution in [3.8, 4) is 28.5 Å². The van der Waals surface area contributed by atoms with E-state index in [0.29, 0.717) is 44.6 Å². The summed E-state index contributed by atoms with van der Waals surface area (Å²) in [6.45, 7) is -0.468. The highest BCUT2D eigenvalue weighted by Crippen LogP contribution is 2.34. The zero-order valence-electron chi connectivity index (χ0n) is 20.7. The molecule has 0 radical (unpaired) electrons. The van der Waals surface area contributed by atoms with Gasteiger partial charge in [0.15, 0.2) is 17.3 Å². The van der Waals surface area contributed by atoms with Crippen molar-refractivity contribution in [2.24, 2.45) is 0 Å². The van der Waals surface area contributed by atoms with Gasteiger partial charge in [0.05, 0.1) is 18.4 Å². The van der Waals surface area contributed by atoms with Crippen molar-refractivity contribution in [2.75, 3.05) is 19.0 Å². The molecular weight excluding hydrogens is 514 g/mol. The molecule has 1 N–H and O–H groups in total.